The lowest BCUT2D eigenvalue weighted by Crippen LogP contribution is -2.59. The summed E-state index contributed by atoms with van der Waals surface area (Å²) < 4.78 is 10.6. The lowest BCUT2D eigenvalue weighted by Gasteiger charge is -2.39. The number of hydrogen-bond donors (Lipinski definition) is 7. The third-order valence-corrected chi connectivity index (χ3v) is 8.02. The smallest absolute Gasteiger partial charge is 0.335 e. The van der Waals surface area contributed by atoms with E-state index in [-0.39, 0.29) is 31.6 Å². The molecular formula is C32H42N4O13. The van der Waals surface area contributed by atoms with Gasteiger partial charge in [0.1, 0.15) is 43.5 Å². The van der Waals surface area contributed by atoms with Gasteiger partial charge >= 0.3 is 11.9 Å². The molecule has 3 rings (SSSR count). The molecule has 49 heavy (non-hydrogen) atoms. The number of rotatable bonds is 15. The van der Waals surface area contributed by atoms with Crippen molar-refractivity contribution < 1.29 is 63.5 Å². The number of imide groups is 1. The monoisotopic (exact) mass is 690 g/mol. The van der Waals surface area contributed by atoms with Gasteiger partial charge in [-0.15, -0.1) is 0 Å². The van der Waals surface area contributed by atoms with E-state index >= 15 is 0 Å². The van der Waals surface area contributed by atoms with Crippen LogP contribution in [0.15, 0.2) is 30.4 Å². The molecule has 1 aromatic carbocycles. The van der Waals surface area contributed by atoms with E-state index in [1.165, 1.54) is 13.0 Å². The third kappa shape index (κ3) is 10.1. The SMILES string of the molecule is CCC(=O)OCc1ccc(NC(=O)[C@H](C)NC(=O)[C@@H](NC(=O)CN2C(=O)C=CC2=O)C(C)C)cc1CC[C@@H]1O[C@H](C(=O)O)[C@@H](O)[C@H](O)[C@H]1O. The molecule has 0 radical (unpaired) electrons. The minimum Gasteiger partial charge on any atom is -0.479 e. The predicted octanol–water partition coefficient (Wildman–Crippen LogP) is -1.48. The largest absolute Gasteiger partial charge is 0.479 e. The van der Waals surface area contributed by atoms with E-state index in [9.17, 15) is 54.0 Å². The first-order valence-corrected chi connectivity index (χ1v) is 15.7. The number of carbonyl (C=O) groups is 7. The maximum atomic E-state index is 13.1. The Morgan fingerprint density at radius 2 is 1.57 bits per heavy atom. The summed E-state index contributed by atoms with van der Waals surface area (Å²) >= 11 is 0. The summed E-state index contributed by atoms with van der Waals surface area (Å²) in [6, 6.07) is 2.48. The van der Waals surface area contributed by atoms with Crippen molar-refractivity contribution in [3.8, 4) is 0 Å². The highest BCUT2D eigenvalue weighted by Crippen LogP contribution is 2.27. The lowest BCUT2D eigenvalue weighted by atomic mass is 9.91. The Morgan fingerprint density at radius 1 is 0.918 bits per heavy atom. The molecule has 0 spiro atoms. The van der Waals surface area contributed by atoms with Crippen LogP contribution in [0.3, 0.4) is 0 Å². The number of aryl methyl sites for hydroxylation is 1. The Morgan fingerprint density at radius 3 is 2.16 bits per heavy atom. The number of hydrogen-bond acceptors (Lipinski definition) is 12. The van der Waals surface area contributed by atoms with E-state index in [4.69, 9.17) is 9.47 Å². The molecule has 268 valence electrons. The van der Waals surface area contributed by atoms with Gasteiger partial charge in [-0.3, -0.25) is 33.7 Å². The van der Waals surface area contributed by atoms with E-state index in [0.29, 0.717) is 11.1 Å². The topological polar surface area (TPSA) is 258 Å². The minimum atomic E-state index is -1.84. The molecule has 2 aliphatic rings. The number of anilines is 1. The van der Waals surface area contributed by atoms with Gasteiger partial charge in [-0.05, 0) is 48.9 Å². The molecule has 17 nitrogen and oxygen atoms in total. The molecule has 1 saturated heterocycles. The van der Waals surface area contributed by atoms with Crippen LogP contribution in [0.1, 0.15) is 51.7 Å². The van der Waals surface area contributed by atoms with Gasteiger partial charge in [-0.25, -0.2) is 4.79 Å². The van der Waals surface area contributed by atoms with Crippen LogP contribution in [-0.4, -0.2) is 116 Å². The standard InChI is InChI=1S/C32H42N4O13/c1-5-24(40)48-14-18-6-8-19(12-17(18)7-9-20-26(41)27(42)28(43)29(49-20)32(46)47)34-30(44)16(4)33-31(45)25(15(2)3)35-21(37)13-36-22(38)10-11-23(36)39/h6,8,10-12,15-16,20,25-29,41-43H,5,7,9,13-14H2,1-4H3,(H,33,45)(H,34,44)(H,35,37)(H,46,47)/t16-,20-,25-,26-,27+,28-,29-/m0/s1. The molecule has 0 bridgehead atoms. The van der Waals surface area contributed by atoms with Crippen molar-refractivity contribution in [2.75, 3.05) is 11.9 Å². The van der Waals surface area contributed by atoms with Gasteiger partial charge < -0.3 is 45.9 Å². The molecule has 0 aromatic heterocycles. The molecule has 2 heterocycles. The van der Waals surface area contributed by atoms with Crippen molar-refractivity contribution in [1.29, 1.82) is 0 Å². The van der Waals surface area contributed by atoms with E-state index in [0.717, 1.165) is 17.1 Å². The van der Waals surface area contributed by atoms with Crippen molar-refractivity contribution in [3.05, 3.63) is 41.5 Å². The summed E-state index contributed by atoms with van der Waals surface area (Å²) in [5, 5.41) is 47.6. The van der Waals surface area contributed by atoms with Crippen molar-refractivity contribution in [1.82, 2.24) is 15.5 Å². The average molecular weight is 691 g/mol. The number of aliphatic hydroxyl groups is 3. The zero-order chi connectivity index (χ0) is 36.6. The highest BCUT2D eigenvalue weighted by Gasteiger charge is 2.46. The van der Waals surface area contributed by atoms with Gasteiger partial charge in [-0.1, -0.05) is 26.8 Å². The molecule has 2 aliphatic heterocycles. The Kier molecular flexibility index (Phi) is 13.5. The Bertz CT molecular complexity index is 1460. The number of amides is 5. The quantitative estimate of drug-likeness (QED) is 0.0819. The average Bonchev–Trinajstić information content (AvgIpc) is 3.36. The highest BCUT2D eigenvalue weighted by molar-refractivity contribution is 6.14. The fourth-order valence-electron chi connectivity index (χ4n) is 5.13. The number of esters is 1. The van der Waals surface area contributed by atoms with E-state index in [1.54, 1.807) is 32.9 Å². The maximum Gasteiger partial charge on any atom is 0.335 e. The number of aliphatic carboxylic acids is 1. The Hall–Kier alpha value is -4.71. The number of nitrogens with zero attached hydrogens (tertiary/aromatic N) is 1. The van der Waals surface area contributed by atoms with Crippen molar-refractivity contribution in [2.24, 2.45) is 5.92 Å². The molecule has 7 N–H and O–H groups in total. The first-order valence-electron chi connectivity index (χ1n) is 15.7. The first-order chi connectivity index (χ1) is 23.0. The number of aliphatic hydroxyl groups excluding tert-OH is 3. The second-order valence-electron chi connectivity index (χ2n) is 12.0. The van der Waals surface area contributed by atoms with Crippen LogP contribution in [0, 0.1) is 5.92 Å². The molecule has 5 amide bonds. The number of nitrogens with one attached hydrogen (secondary N) is 3. The van der Waals surface area contributed by atoms with Crippen LogP contribution in [0.4, 0.5) is 5.69 Å². The third-order valence-electron chi connectivity index (χ3n) is 8.02. The molecule has 1 fully saturated rings. The molecule has 0 unspecified atom stereocenters. The summed E-state index contributed by atoms with van der Waals surface area (Å²) in [4.78, 5) is 86.3. The number of benzene rings is 1. The van der Waals surface area contributed by atoms with E-state index in [1.807, 2.05) is 0 Å². The first kappa shape index (κ1) is 38.7. The van der Waals surface area contributed by atoms with Crippen LogP contribution in [0.25, 0.3) is 0 Å². The van der Waals surface area contributed by atoms with E-state index < -0.39 is 96.5 Å². The molecule has 1 aromatic rings. The number of carboxylic acid groups (broad SMARTS) is 1. The highest BCUT2D eigenvalue weighted by atomic mass is 16.6. The number of carboxylic acids is 1. The van der Waals surface area contributed by atoms with Crippen LogP contribution in [0.5, 0.6) is 0 Å². The Labute approximate surface area is 281 Å². The summed E-state index contributed by atoms with van der Waals surface area (Å²) in [6.07, 6.45) is -5.89. The van der Waals surface area contributed by atoms with Gasteiger partial charge in [0.25, 0.3) is 11.8 Å². The zero-order valence-electron chi connectivity index (χ0n) is 27.5. The van der Waals surface area contributed by atoms with Gasteiger partial charge in [0.15, 0.2) is 6.10 Å². The van der Waals surface area contributed by atoms with Gasteiger partial charge in [0.2, 0.25) is 17.7 Å². The van der Waals surface area contributed by atoms with Crippen LogP contribution < -0.4 is 16.0 Å². The second kappa shape index (κ2) is 17.1. The van der Waals surface area contributed by atoms with Gasteiger partial charge in [0, 0.05) is 24.3 Å². The summed E-state index contributed by atoms with van der Waals surface area (Å²) in [7, 11) is 0. The summed E-state index contributed by atoms with van der Waals surface area (Å²) in [5.74, 6) is -5.79. The molecular weight excluding hydrogens is 648 g/mol. The minimum absolute atomic E-state index is 0.0216. The molecule has 0 aliphatic carbocycles. The lowest BCUT2D eigenvalue weighted by molar-refractivity contribution is -0.228. The van der Waals surface area contributed by atoms with Gasteiger partial charge in [-0.2, -0.15) is 0 Å². The molecule has 17 heteroatoms. The summed E-state index contributed by atoms with van der Waals surface area (Å²) in [5.41, 5.74) is 1.33. The van der Waals surface area contributed by atoms with Crippen molar-refractivity contribution >= 4 is 47.2 Å². The molecule has 0 saturated carbocycles. The van der Waals surface area contributed by atoms with E-state index in [2.05, 4.69) is 16.0 Å². The van der Waals surface area contributed by atoms with Crippen molar-refractivity contribution in [3.63, 3.8) is 0 Å². The van der Waals surface area contributed by atoms with Crippen molar-refractivity contribution in [2.45, 2.75) is 96.2 Å². The number of ether oxygens (including phenoxy) is 2. The fourth-order valence-corrected chi connectivity index (χ4v) is 5.13. The Balaban J connectivity index is 1.69. The number of carbonyl (C=O) groups excluding carboxylic acids is 6. The van der Waals surface area contributed by atoms with Crippen LogP contribution in [0.2, 0.25) is 0 Å². The normalized spacial score (nSPS) is 23.2. The maximum absolute atomic E-state index is 13.1. The van der Waals surface area contributed by atoms with Crippen LogP contribution >= 0.6 is 0 Å². The molecule has 7 atom stereocenters. The van der Waals surface area contributed by atoms with Crippen LogP contribution in [-0.2, 0) is 56.1 Å². The summed E-state index contributed by atoms with van der Waals surface area (Å²) in [6.45, 7) is 5.64. The predicted molar refractivity (Wildman–Crippen MR) is 168 cm³/mol. The fraction of sp³-hybridized carbons (Fsp3) is 0.531. The van der Waals surface area contributed by atoms with Gasteiger partial charge in [0.05, 0.1) is 6.10 Å². The second-order valence-corrected chi connectivity index (χ2v) is 12.0. The zero-order valence-corrected chi connectivity index (χ0v) is 27.5.